The van der Waals surface area contributed by atoms with Gasteiger partial charge in [-0.25, -0.2) is 0 Å². The molecule has 1 aromatic rings. The number of benzene rings is 1. The fraction of sp³-hybridized carbons (Fsp3) is 0.500. The van der Waals surface area contributed by atoms with Gasteiger partial charge in [-0.2, -0.15) is 0 Å². The second kappa shape index (κ2) is 6.57. The molecule has 14 heavy (non-hydrogen) atoms. The van der Waals surface area contributed by atoms with Crippen LogP contribution in [0.3, 0.4) is 0 Å². The van der Waals surface area contributed by atoms with Crippen LogP contribution in [0, 0.1) is 0 Å². The highest BCUT2D eigenvalue weighted by Gasteiger charge is 2.07. The van der Waals surface area contributed by atoms with Crippen LogP contribution >= 0.6 is 0 Å². The molecule has 0 fully saturated rings. The molecule has 1 rings (SSSR count). The van der Waals surface area contributed by atoms with E-state index in [4.69, 9.17) is 10.5 Å². The average Bonchev–Trinajstić information content (AvgIpc) is 2.20. The van der Waals surface area contributed by atoms with Crippen molar-refractivity contribution in [3.8, 4) is 0 Å². The first-order valence-corrected chi connectivity index (χ1v) is 4.91. The molecule has 0 amide bonds. The Hall–Kier alpha value is -0.860. The minimum atomic E-state index is 0.642. The van der Waals surface area contributed by atoms with E-state index in [-0.39, 0.29) is 0 Å². The van der Waals surface area contributed by atoms with Crippen molar-refractivity contribution in [2.24, 2.45) is 0 Å². The molecular weight excluding hydrogens is 176 g/mol. The lowest BCUT2D eigenvalue weighted by Crippen LogP contribution is -1.97. The maximum Gasteiger partial charge on any atom is -0.0216 e. The van der Waals surface area contributed by atoms with Crippen LogP contribution in [0.2, 0.25) is 0 Å². The maximum absolute atomic E-state index is 6.00. The Bertz CT molecular complexity index is 227. The normalized spacial score (nSPS) is 10.0. The summed E-state index contributed by atoms with van der Waals surface area (Å²) < 4.78 is 0. The van der Waals surface area contributed by atoms with Gasteiger partial charge in [0.2, 0.25) is 0 Å². The first kappa shape index (κ1) is 13.1. The molecular formula is C12H20O2. The van der Waals surface area contributed by atoms with E-state index in [1.54, 1.807) is 0 Å². The van der Waals surface area contributed by atoms with Crippen molar-refractivity contribution in [1.29, 1.82) is 0 Å². The van der Waals surface area contributed by atoms with Crippen molar-refractivity contribution >= 4 is 0 Å². The largest absolute Gasteiger partial charge is 0.255 e. The summed E-state index contributed by atoms with van der Waals surface area (Å²) in [6, 6.07) is 8.72. The summed E-state index contributed by atoms with van der Waals surface area (Å²) in [7, 11) is 0. The van der Waals surface area contributed by atoms with E-state index in [1.165, 1.54) is 11.1 Å². The highest BCUT2D eigenvalue weighted by atomic mass is 17.0. The molecule has 0 aliphatic rings. The van der Waals surface area contributed by atoms with Gasteiger partial charge in [0.1, 0.15) is 0 Å². The van der Waals surface area contributed by atoms with Crippen molar-refractivity contribution < 1.29 is 10.5 Å². The zero-order chi connectivity index (χ0) is 11.1. The van der Waals surface area contributed by atoms with E-state index in [0.717, 1.165) is 0 Å². The minimum Gasteiger partial charge on any atom is -0.255 e. The lowest BCUT2D eigenvalue weighted by molar-refractivity contribution is -0.176. The zero-order valence-electron chi connectivity index (χ0n) is 9.36. The Morgan fingerprint density at radius 2 is 1.07 bits per heavy atom. The lowest BCUT2D eigenvalue weighted by Gasteiger charge is -2.14. The van der Waals surface area contributed by atoms with Crippen molar-refractivity contribution in [2.45, 2.75) is 39.5 Å². The van der Waals surface area contributed by atoms with Crippen molar-refractivity contribution in [2.75, 3.05) is 0 Å². The molecule has 2 heteroatoms. The molecule has 0 aliphatic heterocycles. The summed E-state index contributed by atoms with van der Waals surface area (Å²) in [6.07, 6.45) is 0. The molecule has 0 aromatic heterocycles. The third-order valence-electron chi connectivity index (χ3n) is 2.24. The standard InChI is InChI=1S/C12H18.H2O2/c1-9(2)11-7-5-6-8-12(11)10(3)4;1-2/h5-10H,1-4H3;1-2H. The van der Waals surface area contributed by atoms with E-state index in [2.05, 4.69) is 52.0 Å². The van der Waals surface area contributed by atoms with Gasteiger partial charge < -0.3 is 0 Å². The highest BCUT2D eigenvalue weighted by molar-refractivity contribution is 5.31. The van der Waals surface area contributed by atoms with Crippen LogP contribution in [0.15, 0.2) is 24.3 Å². The first-order valence-electron chi connectivity index (χ1n) is 4.91. The van der Waals surface area contributed by atoms with E-state index >= 15 is 0 Å². The van der Waals surface area contributed by atoms with Gasteiger partial charge in [0.25, 0.3) is 0 Å². The van der Waals surface area contributed by atoms with E-state index < -0.39 is 0 Å². The average molecular weight is 196 g/mol. The van der Waals surface area contributed by atoms with Gasteiger partial charge in [-0.3, -0.25) is 10.5 Å². The molecule has 0 saturated heterocycles. The summed E-state index contributed by atoms with van der Waals surface area (Å²) in [4.78, 5) is 0. The Kier molecular flexibility index (Phi) is 6.17. The summed E-state index contributed by atoms with van der Waals surface area (Å²) in [6.45, 7) is 9.00. The SMILES string of the molecule is CC(C)c1ccccc1C(C)C.OO. The van der Waals surface area contributed by atoms with Gasteiger partial charge >= 0.3 is 0 Å². The molecule has 80 valence electrons. The van der Waals surface area contributed by atoms with Gasteiger partial charge in [0, 0.05) is 0 Å². The van der Waals surface area contributed by atoms with Gasteiger partial charge in [-0.1, -0.05) is 52.0 Å². The molecule has 2 N–H and O–H groups in total. The summed E-state index contributed by atoms with van der Waals surface area (Å²) in [5.74, 6) is 1.28. The molecule has 2 nitrogen and oxygen atoms in total. The Labute approximate surface area is 86.1 Å². The van der Waals surface area contributed by atoms with Crippen LogP contribution in [0.25, 0.3) is 0 Å². The van der Waals surface area contributed by atoms with Crippen molar-refractivity contribution in [3.05, 3.63) is 35.4 Å². The molecule has 0 bridgehead atoms. The molecule has 0 aliphatic carbocycles. The monoisotopic (exact) mass is 196 g/mol. The van der Waals surface area contributed by atoms with Crippen molar-refractivity contribution in [3.63, 3.8) is 0 Å². The molecule has 1 aromatic carbocycles. The van der Waals surface area contributed by atoms with Gasteiger partial charge in [0.15, 0.2) is 0 Å². The fourth-order valence-corrected chi connectivity index (χ4v) is 1.56. The Morgan fingerprint density at radius 1 is 0.786 bits per heavy atom. The first-order chi connectivity index (χ1) is 6.63. The summed E-state index contributed by atoms with van der Waals surface area (Å²) >= 11 is 0. The second-order valence-corrected chi connectivity index (χ2v) is 3.94. The van der Waals surface area contributed by atoms with E-state index in [9.17, 15) is 0 Å². The maximum atomic E-state index is 6.00. The smallest absolute Gasteiger partial charge is 0.0216 e. The van der Waals surface area contributed by atoms with Crippen LogP contribution in [0.4, 0.5) is 0 Å². The second-order valence-electron chi connectivity index (χ2n) is 3.94. The topological polar surface area (TPSA) is 40.5 Å². The van der Waals surface area contributed by atoms with Crippen LogP contribution in [0.5, 0.6) is 0 Å². The number of rotatable bonds is 2. The van der Waals surface area contributed by atoms with Gasteiger partial charge in [-0.15, -0.1) is 0 Å². The van der Waals surface area contributed by atoms with E-state index in [1.807, 2.05) is 0 Å². The molecule has 0 heterocycles. The lowest BCUT2D eigenvalue weighted by atomic mass is 9.91. The van der Waals surface area contributed by atoms with E-state index in [0.29, 0.717) is 11.8 Å². The highest BCUT2D eigenvalue weighted by Crippen LogP contribution is 2.25. The predicted octanol–water partition coefficient (Wildman–Crippen LogP) is 3.95. The van der Waals surface area contributed by atoms with Crippen molar-refractivity contribution in [1.82, 2.24) is 0 Å². The minimum absolute atomic E-state index is 0.642. The Morgan fingerprint density at radius 3 is 1.29 bits per heavy atom. The fourth-order valence-electron chi connectivity index (χ4n) is 1.56. The van der Waals surface area contributed by atoms with Gasteiger partial charge in [0.05, 0.1) is 0 Å². The number of hydrogen-bond acceptors (Lipinski definition) is 2. The molecule has 0 spiro atoms. The predicted molar refractivity (Wildman–Crippen MR) is 59.9 cm³/mol. The number of hydrogen-bond donors (Lipinski definition) is 2. The van der Waals surface area contributed by atoms with Crippen LogP contribution in [-0.4, -0.2) is 10.5 Å². The quantitative estimate of drug-likeness (QED) is 0.555. The molecule has 0 saturated carbocycles. The molecule has 0 atom stereocenters. The summed E-state index contributed by atoms with van der Waals surface area (Å²) in [5.41, 5.74) is 2.99. The third kappa shape index (κ3) is 3.48. The third-order valence-corrected chi connectivity index (χ3v) is 2.24. The molecule has 0 unspecified atom stereocenters. The van der Waals surface area contributed by atoms with Crippen LogP contribution in [0.1, 0.15) is 50.7 Å². The summed E-state index contributed by atoms with van der Waals surface area (Å²) in [5, 5.41) is 12.0. The van der Waals surface area contributed by atoms with Crippen LogP contribution < -0.4 is 0 Å². The zero-order valence-corrected chi connectivity index (χ0v) is 9.36. The van der Waals surface area contributed by atoms with Crippen LogP contribution in [-0.2, 0) is 0 Å². The Balaban J connectivity index is 0.000000791. The molecule has 0 radical (unpaired) electrons. The van der Waals surface area contributed by atoms with Gasteiger partial charge in [-0.05, 0) is 23.0 Å².